The van der Waals surface area contributed by atoms with E-state index >= 15 is 0 Å². The molecule has 0 saturated carbocycles. The number of hydrogen-bond donors (Lipinski definition) is 6. The van der Waals surface area contributed by atoms with Crippen LogP contribution < -0.4 is 5.32 Å². The summed E-state index contributed by atoms with van der Waals surface area (Å²) in [6.07, 6.45) is 17.3. The van der Waals surface area contributed by atoms with Gasteiger partial charge < -0.3 is 55.1 Å². The summed E-state index contributed by atoms with van der Waals surface area (Å²) < 4.78 is 0. The van der Waals surface area contributed by atoms with Crippen molar-refractivity contribution < 1.29 is 34.5 Å². The van der Waals surface area contributed by atoms with Crippen LogP contribution in [0, 0.1) is 39.5 Å². The van der Waals surface area contributed by atoms with E-state index in [1.807, 2.05) is 4.90 Å². The molecule has 12 heterocycles. The van der Waals surface area contributed by atoms with Gasteiger partial charge in [0.1, 0.15) is 9.66 Å². The SMILES string of the molecule is Cc1cc(C)cc(-c2[nH]c3sc(C(C)(C)C(=O)N4C5CCC4CC5)cc3c2CCN2CCC(C(=O)N3CCC(O)CC3)CC2)c1.Cc1cc(C)cc(-c2[nH]c3sc(C(C)(C)C(=O)N4C5CCC4CC5)cc3c2CCN2CCC(C(=O)O)CC2)c1.OC1CCNCC1. The molecule has 91 heavy (non-hydrogen) atoms. The number of benzene rings is 2. The Morgan fingerprint density at radius 1 is 0.484 bits per heavy atom. The molecule has 2 aromatic carbocycles. The monoisotopic (exact) mass is 1280 g/mol. The molecule has 8 aliphatic heterocycles. The molecule has 3 amide bonds. The molecule has 0 unspecified atom stereocenters. The Kier molecular flexibility index (Phi) is 19.8. The lowest BCUT2D eigenvalue weighted by atomic mass is 9.88. The van der Waals surface area contributed by atoms with E-state index in [1.54, 1.807) is 22.7 Å². The van der Waals surface area contributed by atoms with E-state index in [0.29, 0.717) is 56.0 Å². The van der Waals surface area contributed by atoms with E-state index in [4.69, 9.17) is 5.11 Å². The number of carbonyl (C=O) groups is 4. The highest BCUT2D eigenvalue weighted by atomic mass is 32.1. The summed E-state index contributed by atoms with van der Waals surface area (Å²) >= 11 is 3.49. The molecule has 6 N–H and O–H groups in total. The smallest absolute Gasteiger partial charge is 0.306 e. The number of H-pyrrole nitrogens is 2. The van der Waals surface area contributed by atoms with Crippen molar-refractivity contribution in [1.29, 1.82) is 0 Å². The first-order chi connectivity index (χ1) is 43.6. The van der Waals surface area contributed by atoms with Gasteiger partial charge in [-0.2, -0.15) is 0 Å². The zero-order chi connectivity index (χ0) is 64.0. The molecule has 15 nitrogen and oxygen atoms in total. The van der Waals surface area contributed by atoms with Crippen molar-refractivity contribution in [1.82, 2.24) is 39.8 Å². The predicted octanol–water partition coefficient (Wildman–Crippen LogP) is 12.2. The molecule has 17 heteroatoms. The Hall–Kier alpha value is -5.40. The fourth-order valence-electron chi connectivity index (χ4n) is 16.8. The molecular formula is C74H102N8O7S2. The van der Waals surface area contributed by atoms with Crippen LogP contribution in [0.3, 0.4) is 0 Å². The zero-order valence-electron chi connectivity index (χ0n) is 55.6. The number of fused-ring (bicyclic) bond motifs is 6. The van der Waals surface area contributed by atoms with Crippen LogP contribution in [-0.4, -0.2) is 175 Å². The summed E-state index contributed by atoms with van der Waals surface area (Å²) in [7, 11) is 0. The van der Waals surface area contributed by atoms with Crippen molar-refractivity contribution in [3.63, 3.8) is 0 Å². The number of nitrogens with zero attached hydrogens (tertiary/aromatic N) is 5. The number of rotatable bonds is 14. The maximum absolute atomic E-state index is 14.0. The van der Waals surface area contributed by atoms with Gasteiger partial charge in [0, 0.05) is 76.8 Å². The number of nitrogens with one attached hydrogen (secondary N) is 3. The average Bonchev–Trinajstić information content (AvgIpc) is 1.62. The summed E-state index contributed by atoms with van der Waals surface area (Å²) in [5, 5.41) is 33.7. The molecule has 4 aromatic heterocycles. The lowest BCUT2D eigenvalue weighted by Crippen LogP contribution is -2.46. The topological polar surface area (TPSA) is 189 Å². The minimum atomic E-state index is -0.663. The van der Waals surface area contributed by atoms with Crippen LogP contribution in [0.5, 0.6) is 0 Å². The Morgan fingerprint density at radius 2 is 0.846 bits per heavy atom. The van der Waals surface area contributed by atoms with Gasteiger partial charge in [-0.1, -0.05) is 34.4 Å². The standard InChI is InChI=1S/C37H50N4O3S.C32H41N3O3S.C5H11NO/c1-23-19-24(2)21-26(20-23)33-30(13-16-39-14-9-25(10-15-39)35(43)40-17-11-29(42)12-18-40)31-22-32(45-34(31)38-33)37(3,4)36(44)41-27-5-6-28(41)8-7-27;1-19-15-20(2)17-22(16-19)28-25(11-14-34-12-9-21(10-13-34)30(36)37)26-18-27(39-29(26)33-28)32(3,4)31(38)35-23-5-6-24(35)8-7-23;7-5-1-3-6-4-2-5/h19-22,25,27-29,38,42H,5-18H2,1-4H3;15-18,21,23-24,33H,5-14H2,1-4H3,(H,36,37);5-7H,1-4H2. The van der Waals surface area contributed by atoms with E-state index in [0.717, 1.165) is 175 Å². The third kappa shape index (κ3) is 14.1. The van der Waals surface area contributed by atoms with Gasteiger partial charge in [-0.05, 0) is 269 Å². The summed E-state index contributed by atoms with van der Waals surface area (Å²) in [6.45, 7) is 25.8. The van der Waals surface area contributed by atoms with Crippen LogP contribution in [0.1, 0.15) is 174 Å². The number of piperidine rings is 4. The van der Waals surface area contributed by atoms with Gasteiger partial charge in [0.25, 0.3) is 0 Å². The first-order valence-corrected chi connectivity index (χ1v) is 36.4. The van der Waals surface area contributed by atoms with Crippen molar-refractivity contribution in [3.05, 3.63) is 91.7 Å². The number of amides is 3. The molecular weight excluding hydrogens is 1180 g/mol. The summed E-state index contributed by atoms with van der Waals surface area (Å²) in [4.78, 5) is 76.0. The maximum Gasteiger partial charge on any atom is 0.306 e. The zero-order valence-corrected chi connectivity index (χ0v) is 57.2. The number of aliphatic hydroxyl groups excluding tert-OH is 2. The largest absolute Gasteiger partial charge is 0.481 e. The van der Waals surface area contributed by atoms with Gasteiger partial charge in [-0.3, -0.25) is 19.2 Å². The van der Waals surface area contributed by atoms with E-state index < -0.39 is 16.8 Å². The van der Waals surface area contributed by atoms with Gasteiger partial charge in [0.05, 0.1) is 40.3 Å². The number of carbonyl (C=O) groups excluding carboxylic acids is 3. The molecule has 8 aliphatic rings. The van der Waals surface area contributed by atoms with Crippen LogP contribution in [0.4, 0.5) is 0 Å². The minimum Gasteiger partial charge on any atom is -0.481 e. The second-order valence-electron chi connectivity index (χ2n) is 29.6. The Labute approximate surface area is 547 Å². The molecule has 8 saturated heterocycles. The minimum absolute atomic E-state index is 0.0266. The first-order valence-electron chi connectivity index (χ1n) is 34.7. The highest BCUT2D eigenvalue weighted by molar-refractivity contribution is 7.19. The summed E-state index contributed by atoms with van der Waals surface area (Å²) in [6, 6.07) is 19.8. The summed E-state index contributed by atoms with van der Waals surface area (Å²) in [5.74, 6) is 0.0988. The number of thiophene rings is 2. The fraction of sp³-hybridized carbons (Fsp3) is 0.622. The predicted molar refractivity (Wildman–Crippen MR) is 367 cm³/mol. The first kappa shape index (κ1) is 65.7. The van der Waals surface area contributed by atoms with Gasteiger partial charge >= 0.3 is 5.97 Å². The number of carboxylic acid groups (broad SMARTS) is 1. The Balaban J connectivity index is 0.000000160. The van der Waals surface area contributed by atoms with Crippen molar-refractivity contribution in [2.75, 3.05) is 65.4 Å². The lowest BCUT2D eigenvalue weighted by molar-refractivity contribution is -0.143. The second-order valence-corrected chi connectivity index (χ2v) is 31.7. The van der Waals surface area contributed by atoms with Gasteiger partial charge in [0.2, 0.25) is 17.7 Å². The highest BCUT2D eigenvalue weighted by Crippen LogP contribution is 2.47. The normalized spacial score (nSPS) is 23.1. The number of carboxylic acids is 1. The van der Waals surface area contributed by atoms with Crippen molar-refractivity contribution in [3.8, 4) is 22.5 Å². The molecule has 492 valence electrons. The lowest BCUT2D eigenvalue weighted by Gasteiger charge is -2.36. The summed E-state index contributed by atoms with van der Waals surface area (Å²) in [5.41, 5.74) is 11.4. The van der Waals surface area contributed by atoms with Crippen LogP contribution in [0.25, 0.3) is 42.9 Å². The molecule has 14 rings (SSSR count). The van der Waals surface area contributed by atoms with Crippen molar-refractivity contribution in [2.24, 2.45) is 11.8 Å². The second kappa shape index (κ2) is 27.5. The van der Waals surface area contributed by atoms with Crippen LogP contribution in [0.15, 0.2) is 48.5 Å². The number of aromatic amines is 2. The Bertz CT molecular complexity index is 3500. The average molecular weight is 1280 g/mol. The highest BCUT2D eigenvalue weighted by Gasteiger charge is 2.49. The number of aliphatic carboxylic acids is 1. The van der Waals surface area contributed by atoms with E-state index in [2.05, 4.69) is 139 Å². The van der Waals surface area contributed by atoms with Crippen LogP contribution >= 0.6 is 22.7 Å². The number of hydrogen-bond acceptors (Lipinski definition) is 11. The van der Waals surface area contributed by atoms with Gasteiger partial charge in [-0.25, -0.2) is 0 Å². The number of aromatic nitrogens is 2. The van der Waals surface area contributed by atoms with Crippen molar-refractivity contribution >= 4 is 66.8 Å². The fourth-order valence-corrected chi connectivity index (χ4v) is 19.1. The molecule has 6 aromatic rings. The molecule has 0 aliphatic carbocycles. The quantitative estimate of drug-likeness (QED) is 0.0612. The number of likely N-dealkylation sites (tertiary alicyclic amines) is 3. The van der Waals surface area contributed by atoms with Crippen LogP contribution in [0.2, 0.25) is 0 Å². The Morgan fingerprint density at radius 3 is 1.20 bits per heavy atom. The van der Waals surface area contributed by atoms with E-state index in [9.17, 15) is 29.4 Å². The van der Waals surface area contributed by atoms with E-state index in [1.165, 1.54) is 66.7 Å². The third-order valence-electron chi connectivity index (χ3n) is 22.2. The molecule has 0 atom stereocenters. The molecule has 8 fully saturated rings. The van der Waals surface area contributed by atoms with Gasteiger partial charge in [-0.15, -0.1) is 22.7 Å². The van der Waals surface area contributed by atoms with Crippen molar-refractivity contribution in [2.45, 2.75) is 218 Å². The molecule has 0 radical (unpaired) electrons. The third-order valence-corrected chi connectivity index (χ3v) is 25.0. The van der Waals surface area contributed by atoms with E-state index in [-0.39, 0.29) is 35.9 Å². The van der Waals surface area contributed by atoms with Crippen LogP contribution in [-0.2, 0) is 42.8 Å². The molecule has 4 bridgehead atoms. The maximum atomic E-state index is 14.0. The van der Waals surface area contributed by atoms with Gasteiger partial charge in [0.15, 0.2) is 0 Å². The number of aliphatic hydroxyl groups is 2. The molecule has 0 spiro atoms. The number of aryl methyl sites for hydroxylation is 4.